The highest BCUT2D eigenvalue weighted by Crippen LogP contribution is 2.49. The summed E-state index contributed by atoms with van der Waals surface area (Å²) >= 11 is 0. The van der Waals surface area contributed by atoms with Gasteiger partial charge < -0.3 is 15.0 Å². The number of likely N-dealkylation sites (tertiary alicyclic amines) is 1. The van der Waals surface area contributed by atoms with Crippen molar-refractivity contribution < 1.29 is 9.53 Å². The zero-order chi connectivity index (χ0) is 22.8. The molecule has 0 bridgehead atoms. The molecule has 33 heavy (non-hydrogen) atoms. The first-order valence-corrected chi connectivity index (χ1v) is 12.6. The van der Waals surface area contributed by atoms with Crippen LogP contribution in [0.2, 0.25) is 0 Å². The van der Waals surface area contributed by atoms with Gasteiger partial charge in [-0.1, -0.05) is 42.8 Å². The number of rotatable bonds is 7. The maximum atomic E-state index is 12.7. The van der Waals surface area contributed by atoms with Crippen LogP contribution in [0, 0.1) is 17.8 Å². The van der Waals surface area contributed by atoms with E-state index in [0.717, 1.165) is 60.8 Å². The minimum atomic E-state index is 0.0363. The molecule has 2 aromatic rings. The van der Waals surface area contributed by atoms with Gasteiger partial charge in [-0.25, -0.2) is 0 Å². The lowest BCUT2D eigenvalue weighted by atomic mass is 9.68. The third-order valence-electron chi connectivity index (χ3n) is 7.80. The fourth-order valence-electron chi connectivity index (χ4n) is 5.66. The molecule has 1 amide bonds. The number of nitrogens with one attached hydrogen (secondary N) is 1. The van der Waals surface area contributed by atoms with Crippen molar-refractivity contribution in [2.75, 3.05) is 25.5 Å². The Morgan fingerprint density at radius 3 is 2.36 bits per heavy atom. The first kappa shape index (κ1) is 22.2. The van der Waals surface area contributed by atoms with Crippen LogP contribution in [0.25, 0.3) is 11.1 Å². The van der Waals surface area contributed by atoms with Crippen molar-refractivity contribution in [3.05, 3.63) is 60.2 Å². The largest absolute Gasteiger partial charge is 0.490 e. The molecule has 0 aromatic heterocycles. The van der Waals surface area contributed by atoms with E-state index in [9.17, 15) is 4.79 Å². The molecule has 3 unspecified atom stereocenters. The number of amides is 1. The van der Waals surface area contributed by atoms with E-state index in [2.05, 4.69) is 66.7 Å². The van der Waals surface area contributed by atoms with Crippen LogP contribution < -0.4 is 10.1 Å². The number of hydrogen-bond acceptors (Lipinski definition) is 3. The molecule has 5 rings (SSSR count). The molecular weight excluding hydrogens is 408 g/mol. The molecule has 1 N–H and O–H groups in total. The quantitative estimate of drug-likeness (QED) is 0.521. The van der Waals surface area contributed by atoms with Crippen molar-refractivity contribution >= 4 is 11.6 Å². The van der Waals surface area contributed by atoms with Gasteiger partial charge in [0.05, 0.1) is 0 Å². The van der Waals surface area contributed by atoms with E-state index in [1.165, 1.54) is 19.3 Å². The highest BCUT2D eigenvalue weighted by molar-refractivity contribution is 5.92. The summed E-state index contributed by atoms with van der Waals surface area (Å²) in [4.78, 5) is 15.1. The smallest absolute Gasteiger partial charge is 0.227 e. The average Bonchev–Trinajstić information content (AvgIpc) is 3.20. The second kappa shape index (κ2) is 9.72. The fraction of sp³-hybridized carbons (Fsp3) is 0.483. The first-order valence-electron chi connectivity index (χ1n) is 12.6. The zero-order valence-corrected chi connectivity index (χ0v) is 19.9. The lowest BCUT2D eigenvalue weighted by Gasteiger charge is -2.37. The van der Waals surface area contributed by atoms with Crippen LogP contribution in [0.15, 0.2) is 60.2 Å². The van der Waals surface area contributed by atoms with E-state index in [1.807, 2.05) is 12.1 Å². The Kier molecular flexibility index (Phi) is 6.55. The van der Waals surface area contributed by atoms with Gasteiger partial charge in [0.25, 0.3) is 0 Å². The molecule has 3 atom stereocenters. The third-order valence-corrected chi connectivity index (χ3v) is 7.80. The minimum absolute atomic E-state index is 0.0363. The van der Waals surface area contributed by atoms with Gasteiger partial charge in [-0.3, -0.25) is 4.79 Å². The van der Waals surface area contributed by atoms with Crippen LogP contribution in [0.1, 0.15) is 45.4 Å². The number of benzene rings is 2. The summed E-state index contributed by atoms with van der Waals surface area (Å²) in [5, 5.41) is 3.11. The van der Waals surface area contributed by atoms with Crippen LogP contribution in [0.4, 0.5) is 5.69 Å². The molecule has 1 aliphatic heterocycles. The number of anilines is 1. The molecule has 4 heteroatoms. The van der Waals surface area contributed by atoms with Crippen LogP contribution in [-0.2, 0) is 4.79 Å². The van der Waals surface area contributed by atoms with E-state index < -0.39 is 0 Å². The molecule has 2 fully saturated rings. The Balaban J connectivity index is 1.13. The monoisotopic (exact) mass is 444 g/mol. The summed E-state index contributed by atoms with van der Waals surface area (Å²) in [6.07, 6.45) is 9.71. The Morgan fingerprint density at radius 1 is 1.03 bits per heavy atom. The highest BCUT2D eigenvalue weighted by Gasteiger charge is 2.38. The van der Waals surface area contributed by atoms with Crippen LogP contribution in [0.3, 0.4) is 0 Å². The lowest BCUT2D eigenvalue weighted by molar-refractivity contribution is -0.120. The summed E-state index contributed by atoms with van der Waals surface area (Å²) < 4.78 is 6.16. The summed E-state index contributed by atoms with van der Waals surface area (Å²) in [5.74, 6) is 2.56. The SMILES string of the molecule is CC(CC1CC2CCC=C21)C(=O)Nc1ccc(-c2ccc(OC3CCN(C)CC3)cc2)cc1. The molecule has 4 nitrogen and oxygen atoms in total. The van der Waals surface area contributed by atoms with E-state index >= 15 is 0 Å². The van der Waals surface area contributed by atoms with Crippen LogP contribution in [0.5, 0.6) is 5.75 Å². The van der Waals surface area contributed by atoms with Gasteiger partial charge in [0.2, 0.25) is 5.91 Å². The van der Waals surface area contributed by atoms with Crippen LogP contribution in [-0.4, -0.2) is 37.0 Å². The van der Waals surface area contributed by atoms with Crippen molar-refractivity contribution in [1.82, 2.24) is 4.90 Å². The maximum Gasteiger partial charge on any atom is 0.227 e. The van der Waals surface area contributed by atoms with Gasteiger partial charge in [0, 0.05) is 24.7 Å². The molecule has 0 radical (unpaired) electrons. The standard InChI is InChI=1S/C29H36N2O2/c1-20(18-24-19-23-4-3-5-28(23)24)29(32)30-25-10-6-21(7-11-25)22-8-12-26(13-9-22)33-27-14-16-31(2)17-15-27/h5-13,20,23-24,27H,3-4,14-19H2,1-2H3,(H,30,32). The van der Waals surface area contributed by atoms with E-state index in [4.69, 9.17) is 4.74 Å². The van der Waals surface area contributed by atoms with Gasteiger partial charge in [-0.15, -0.1) is 0 Å². The molecule has 2 aliphatic carbocycles. The van der Waals surface area contributed by atoms with E-state index in [-0.39, 0.29) is 11.8 Å². The summed E-state index contributed by atoms with van der Waals surface area (Å²) in [7, 11) is 2.17. The number of fused-ring (bicyclic) bond motifs is 1. The van der Waals surface area contributed by atoms with Gasteiger partial charge >= 0.3 is 0 Å². The Labute approximate surface area is 198 Å². The molecule has 1 heterocycles. The summed E-state index contributed by atoms with van der Waals surface area (Å²) in [5.41, 5.74) is 4.79. The number of nitrogens with zero attached hydrogens (tertiary/aromatic N) is 1. The van der Waals surface area contributed by atoms with Gasteiger partial charge in [-0.05, 0) is 92.8 Å². The lowest BCUT2D eigenvalue weighted by Crippen LogP contribution is -2.35. The topological polar surface area (TPSA) is 41.6 Å². The Hall–Kier alpha value is -2.59. The van der Waals surface area contributed by atoms with Crippen molar-refractivity contribution in [2.24, 2.45) is 17.8 Å². The molecular formula is C29H36N2O2. The van der Waals surface area contributed by atoms with Gasteiger partial charge in [0.1, 0.15) is 11.9 Å². The second-order valence-electron chi connectivity index (χ2n) is 10.3. The molecule has 1 saturated heterocycles. The predicted molar refractivity (Wildman–Crippen MR) is 134 cm³/mol. The Morgan fingerprint density at radius 2 is 1.70 bits per heavy atom. The molecule has 2 aromatic carbocycles. The number of carbonyl (C=O) groups excluding carboxylic acids is 1. The maximum absolute atomic E-state index is 12.7. The summed E-state index contributed by atoms with van der Waals surface area (Å²) in [6.45, 7) is 4.26. The highest BCUT2D eigenvalue weighted by atomic mass is 16.5. The van der Waals surface area contributed by atoms with Crippen LogP contribution >= 0.6 is 0 Å². The second-order valence-corrected chi connectivity index (χ2v) is 10.3. The van der Waals surface area contributed by atoms with Gasteiger partial charge in [-0.2, -0.15) is 0 Å². The van der Waals surface area contributed by atoms with Crippen molar-refractivity contribution in [2.45, 2.75) is 51.6 Å². The molecule has 0 spiro atoms. The number of allylic oxidation sites excluding steroid dienone is 2. The van der Waals surface area contributed by atoms with E-state index in [1.54, 1.807) is 5.57 Å². The van der Waals surface area contributed by atoms with Crippen molar-refractivity contribution in [3.8, 4) is 16.9 Å². The van der Waals surface area contributed by atoms with E-state index in [0.29, 0.717) is 12.0 Å². The number of hydrogen-bond donors (Lipinski definition) is 1. The number of carbonyl (C=O) groups is 1. The molecule has 3 aliphatic rings. The summed E-state index contributed by atoms with van der Waals surface area (Å²) in [6, 6.07) is 16.5. The average molecular weight is 445 g/mol. The molecule has 174 valence electrons. The fourth-order valence-corrected chi connectivity index (χ4v) is 5.66. The normalized spacial score (nSPS) is 23.9. The zero-order valence-electron chi connectivity index (χ0n) is 19.9. The van der Waals surface area contributed by atoms with Crippen molar-refractivity contribution in [3.63, 3.8) is 0 Å². The predicted octanol–water partition coefficient (Wildman–Crippen LogP) is 6.15. The number of ether oxygens (including phenoxy) is 1. The number of piperidine rings is 1. The minimum Gasteiger partial charge on any atom is -0.490 e. The Bertz CT molecular complexity index is 987. The third kappa shape index (κ3) is 5.16. The van der Waals surface area contributed by atoms with Gasteiger partial charge in [0.15, 0.2) is 0 Å². The molecule has 1 saturated carbocycles. The van der Waals surface area contributed by atoms with Crippen molar-refractivity contribution in [1.29, 1.82) is 0 Å². The first-order chi connectivity index (χ1) is 16.0.